The van der Waals surface area contributed by atoms with Crippen molar-refractivity contribution >= 4 is 40.5 Å². The van der Waals surface area contributed by atoms with E-state index in [1.807, 2.05) is 13.8 Å². The molecule has 0 heterocycles. The second-order valence-corrected chi connectivity index (χ2v) is 6.24. The lowest BCUT2D eigenvalue weighted by Crippen LogP contribution is -2.22. The van der Waals surface area contributed by atoms with Crippen molar-refractivity contribution in [2.75, 3.05) is 22.5 Å². The second kappa shape index (κ2) is 9.20. The summed E-state index contributed by atoms with van der Waals surface area (Å²) in [5.41, 5.74) is 2.25. The molecule has 0 aliphatic rings. The van der Waals surface area contributed by atoms with Crippen LogP contribution in [0.15, 0.2) is 36.4 Å². The van der Waals surface area contributed by atoms with Gasteiger partial charge >= 0.3 is 0 Å². The highest BCUT2D eigenvalue weighted by atomic mass is 35.5. The second-order valence-electron chi connectivity index (χ2n) is 5.80. The van der Waals surface area contributed by atoms with Crippen LogP contribution in [-0.2, 0) is 9.59 Å². The Kier molecular flexibility index (Phi) is 6.97. The Hall–Kier alpha value is -2.60. The van der Waals surface area contributed by atoms with Crippen LogP contribution in [0.5, 0.6) is 0 Å². The van der Waals surface area contributed by atoms with Gasteiger partial charge in [0, 0.05) is 22.8 Å². The minimum Gasteiger partial charge on any atom is -0.376 e. The topological polar surface area (TPSA) is 70.2 Å². The summed E-state index contributed by atoms with van der Waals surface area (Å²) in [6.45, 7) is 3.73. The van der Waals surface area contributed by atoms with E-state index in [-0.39, 0.29) is 18.1 Å². The zero-order chi connectivity index (χ0) is 19.1. The third-order valence-electron chi connectivity index (χ3n) is 3.73. The Labute approximate surface area is 156 Å². The van der Waals surface area contributed by atoms with Crippen molar-refractivity contribution in [1.29, 1.82) is 0 Å². The van der Waals surface area contributed by atoms with Gasteiger partial charge in [0.25, 0.3) is 0 Å². The molecule has 0 saturated heterocycles. The first-order valence-electron chi connectivity index (χ1n) is 8.29. The number of rotatable bonds is 7. The van der Waals surface area contributed by atoms with Crippen molar-refractivity contribution in [1.82, 2.24) is 0 Å². The van der Waals surface area contributed by atoms with Crippen molar-refractivity contribution in [2.45, 2.75) is 26.7 Å². The highest BCUT2D eigenvalue weighted by Crippen LogP contribution is 2.24. The van der Waals surface area contributed by atoms with Crippen LogP contribution >= 0.6 is 11.6 Å². The number of hydrogen-bond acceptors (Lipinski definition) is 3. The van der Waals surface area contributed by atoms with E-state index < -0.39 is 11.7 Å². The first-order chi connectivity index (χ1) is 12.4. The summed E-state index contributed by atoms with van der Waals surface area (Å²) in [7, 11) is 0. The summed E-state index contributed by atoms with van der Waals surface area (Å²) < 4.78 is 13.7. The molecule has 0 unspecified atom stereocenters. The molecule has 7 heteroatoms. The maximum atomic E-state index is 13.7. The molecule has 3 N–H and O–H groups in total. The number of nitrogens with one attached hydrogen (secondary N) is 3. The number of carbonyl (C=O) groups is 2. The van der Waals surface area contributed by atoms with Gasteiger partial charge < -0.3 is 16.0 Å². The Morgan fingerprint density at radius 3 is 2.46 bits per heavy atom. The van der Waals surface area contributed by atoms with Gasteiger partial charge in [-0.05, 0) is 49.2 Å². The molecule has 0 bridgehead atoms. The molecular weight excluding hydrogens is 357 g/mol. The fraction of sp³-hybridized carbons (Fsp3) is 0.263. The van der Waals surface area contributed by atoms with Gasteiger partial charge in [-0.3, -0.25) is 9.59 Å². The molecule has 0 spiro atoms. The summed E-state index contributed by atoms with van der Waals surface area (Å²) in [6.07, 6.45) is 1.22. The van der Waals surface area contributed by atoms with Crippen LogP contribution in [0, 0.1) is 12.7 Å². The summed E-state index contributed by atoms with van der Waals surface area (Å²) >= 11 is 5.81. The fourth-order valence-electron chi connectivity index (χ4n) is 2.37. The largest absolute Gasteiger partial charge is 0.376 e. The predicted molar refractivity (Wildman–Crippen MR) is 103 cm³/mol. The van der Waals surface area contributed by atoms with Crippen LogP contribution in [0.2, 0.25) is 5.02 Å². The number of benzene rings is 2. The molecular formula is C19H21ClFN3O2. The highest BCUT2D eigenvalue weighted by molar-refractivity contribution is 6.30. The van der Waals surface area contributed by atoms with E-state index in [9.17, 15) is 14.0 Å². The molecule has 2 amide bonds. The Morgan fingerprint density at radius 1 is 1.04 bits per heavy atom. The lowest BCUT2D eigenvalue weighted by molar-refractivity contribution is -0.116. The summed E-state index contributed by atoms with van der Waals surface area (Å²) in [6, 6.07) is 9.34. The van der Waals surface area contributed by atoms with E-state index in [4.69, 9.17) is 11.6 Å². The lowest BCUT2D eigenvalue weighted by Gasteiger charge is -2.14. The van der Waals surface area contributed by atoms with Crippen LogP contribution in [0.25, 0.3) is 0 Å². The molecule has 0 fully saturated rings. The summed E-state index contributed by atoms with van der Waals surface area (Å²) in [5, 5.41) is 8.65. The van der Waals surface area contributed by atoms with Gasteiger partial charge in [-0.2, -0.15) is 0 Å². The number of hydrogen-bond donors (Lipinski definition) is 3. The Morgan fingerprint density at radius 2 is 1.73 bits per heavy atom. The molecule has 0 saturated carbocycles. The molecule has 138 valence electrons. The standard InChI is InChI=1S/C19H21ClFN3O2/c1-3-5-18(25)23-16-7-4-6-15(12(16)2)22-11-19(26)24-17-10-13(20)8-9-14(17)21/h4,6-10,22H,3,5,11H2,1-2H3,(H,23,25)(H,24,26). The number of anilines is 3. The molecule has 26 heavy (non-hydrogen) atoms. The summed E-state index contributed by atoms with van der Waals surface area (Å²) in [5.74, 6) is -1.02. The lowest BCUT2D eigenvalue weighted by atomic mass is 10.1. The Bertz CT molecular complexity index is 811. The van der Waals surface area contributed by atoms with Crippen LogP contribution in [0.3, 0.4) is 0 Å². The quantitative estimate of drug-likeness (QED) is 0.661. The minimum atomic E-state index is -0.556. The maximum Gasteiger partial charge on any atom is 0.243 e. The predicted octanol–water partition coefficient (Wildman–Crippen LogP) is 4.58. The first-order valence-corrected chi connectivity index (χ1v) is 8.66. The smallest absolute Gasteiger partial charge is 0.243 e. The normalized spacial score (nSPS) is 10.3. The van der Waals surface area contributed by atoms with E-state index in [0.29, 0.717) is 22.8 Å². The van der Waals surface area contributed by atoms with E-state index in [1.165, 1.54) is 18.2 Å². The van der Waals surface area contributed by atoms with E-state index in [1.54, 1.807) is 18.2 Å². The van der Waals surface area contributed by atoms with Gasteiger partial charge in [-0.25, -0.2) is 4.39 Å². The van der Waals surface area contributed by atoms with Crippen molar-refractivity contribution in [3.8, 4) is 0 Å². The van der Waals surface area contributed by atoms with E-state index in [0.717, 1.165) is 12.0 Å². The average molecular weight is 378 g/mol. The molecule has 5 nitrogen and oxygen atoms in total. The van der Waals surface area contributed by atoms with E-state index in [2.05, 4.69) is 16.0 Å². The van der Waals surface area contributed by atoms with Crippen LogP contribution < -0.4 is 16.0 Å². The minimum absolute atomic E-state index is 0.0293. The Balaban J connectivity index is 1.99. The van der Waals surface area contributed by atoms with Crippen molar-refractivity contribution in [2.24, 2.45) is 0 Å². The third-order valence-corrected chi connectivity index (χ3v) is 3.96. The molecule has 0 aromatic heterocycles. The number of amides is 2. The average Bonchev–Trinajstić information content (AvgIpc) is 2.59. The SMILES string of the molecule is CCCC(=O)Nc1cccc(NCC(=O)Nc2cc(Cl)ccc2F)c1C. The molecule has 0 aliphatic heterocycles. The molecule has 2 rings (SSSR count). The van der Waals surface area contributed by atoms with E-state index >= 15 is 0 Å². The summed E-state index contributed by atoms with van der Waals surface area (Å²) in [4.78, 5) is 23.8. The molecule has 0 radical (unpaired) electrons. The number of carbonyl (C=O) groups excluding carboxylic acids is 2. The zero-order valence-electron chi connectivity index (χ0n) is 14.7. The van der Waals surface area contributed by atoms with Crippen molar-refractivity contribution < 1.29 is 14.0 Å². The molecule has 0 atom stereocenters. The van der Waals surface area contributed by atoms with Gasteiger partial charge in [0.1, 0.15) is 5.82 Å². The van der Waals surface area contributed by atoms with Gasteiger partial charge in [-0.1, -0.05) is 24.6 Å². The van der Waals surface area contributed by atoms with Crippen LogP contribution in [0.1, 0.15) is 25.3 Å². The van der Waals surface area contributed by atoms with Gasteiger partial charge in [0.15, 0.2) is 0 Å². The zero-order valence-corrected chi connectivity index (χ0v) is 15.4. The van der Waals surface area contributed by atoms with Crippen LogP contribution in [0.4, 0.5) is 21.5 Å². The first kappa shape index (κ1) is 19.7. The van der Waals surface area contributed by atoms with Gasteiger partial charge in [0.05, 0.1) is 12.2 Å². The maximum absolute atomic E-state index is 13.7. The fourth-order valence-corrected chi connectivity index (χ4v) is 2.54. The van der Waals surface area contributed by atoms with Crippen LogP contribution in [-0.4, -0.2) is 18.4 Å². The highest BCUT2D eigenvalue weighted by Gasteiger charge is 2.10. The van der Waals surface area contributed by atoms with Gasteiger partial charge in [-0.15, -0.1) is 0 Å². The van der Waals surface area contributed by atoms with Crippen molar-refractivity contribution in [3.63, 3.8) is 0 Å². The molecule has 2 aromatic rings. The number of halogens is 2. The molecule has 0 aliphatic carbocycles. The third kappa shape index (κ3) is 5.46. The van der Waals surface area contributed by atoms with Gasteiger partial charge in [0.2, 0.25) is 11.8 Å². The monoisotopic (exact) mass is 377 g/mol. The molecule has 2 aromatic carbocycles. The van der Waals surface area contributed by atoms with Crippen molar-refractivity contribution in [3.05, 3.63) is 52.8 Å².